The largest absolute Gasteiger partial charge is 0.391 e. The van der Waals surface area contributed by atoms with Crippen molar-refractivity contribution in [3.8, 4) is 0 Å². The highest BCUT2D eigenvalue weighted by Crippen LogP contribution is 2.59. The molecule has 77 heavy (non-hydrogen) atoms. The number of hydrogen-bond donors (Lipinski definition) is 0. The van der Waals surface area contributed by atoms with Gasteiger partial charge in [0, 0.05) is 22.2 Å². The Bertz CT molecular complexity index is 1900. The molecule has 10 heteroatoms. The molecule has 1 nitrogen and oxygen atoms in total. The van der Waals surface area contributed by atoms with Crippen molar-refractivity contribution in [1.82, 2.24) is 4.44 Å². The molecule has 430 valence electrons. The quantitative estimate of drug-likeness (QED) is 0.0328. The Morgan fingerprint density at radius 1 is 0.325 bits per heavy atom. The normalized spacial score (nSPS) is 16.1. The van der Waals surface area contributed by atoms with Crippen LogP contribution in [-0.2, 0) is 0 Å². The maximum Gasteiger partial charge on any atom is 0.391 e. The van der Waals surface area contributed by atoms with Crippen LogP contribution in [0.2, 0.25) is 72.5 Å². The van der Waals surface area contributed by atoms with E-state index < -0.39 is 60.5 Å². The molecule has 0 radical (unpaired) electrons. The smallest absolute Gasteiger partial charge is 0.242 e. The third-order valence-corrected chi connectivity index (χ3v) is 47.9. The molecule has 0 aromatic heterocycles. The average Bonchev–Trinajstić information content (AvgIpc) is 3.43. The minimum atomic E-state index is -4.17. The van der Waals surface area contributed by atoms with Gasteiger partial charge in [-0.1, -0.05) is 350 Å². The van der Waals surface area contributed by atoms with Crippen LogP contribution in [0.1, 0.15) is 186 Å². The summed E-state index contributed by atoms with van der Waals surface area (Å²) in [4.78, 5) is 0. The Balaban J connectivity index is 1.91. The number of hydrogen-bond acceptors (Lipinski definition) is 1. The molecule has 4 aromatic carbocycles. The molecule has 0 aliphatic heterocycles. The zero-order valence-corrected chi connectivity index (χ0v) is 57.0. The van der Waals surface area contributed by atoms with Crippen molar-refractivity contribution in [3.63, 3.8) is 0 Å². The van der Waals surface area contributed by atoms with E-state index in [1.165, 1.54) is 171 Å². The van der Waals surface area contributed by atoms with Gasteiger partial charge in [0.05, 0.1) is 38.2 Å². The van der Waals surface area contributed by atoms with E-state index in [9.17, 15) is 13.2 Å². The predicted molar refractivity (Wildman–Crippen MR) is 355 cm³/mol. The number of nitrogens with zero attached hydrogens (tertiary/aromatic N) is 1. The SMILES string of the molecule is CCC[Si](CCC)(CCC)c1ccc(P(c2ccc([Si](CCC)(CCC)CCC)cc2)N(C2CCC(C(F)(F)F)CC2)P(c2ccc([Si](CCC)(CCC)CCC)cc2)c2ccc([Si](CCC)(CCC)CCC)cc2)cc1. The lowest BCUT2D eigenvalue weighted by Gasteiger charge is -2.46. The summed E-state index contributed by atoms with van der Waals surface area (Å²) in [6.45, 7) is 28.6. The van der Waals surface area contributed by atoms with Crippen LogP contribution >= 0.6 is 16.1 Å². The number of halogens is 3. The molecular formula is C67H110F3NP2Si4. The van der Waals surface area contributed by atoms with Crippen LogP contribution in [-0.4, -0.2) is 49.0 Å². The fourth-order valence-corrected chi connectivity index (χ4v) is 43.4. The van der Waals surface area contributed by atoms with E-state index in [1.807, 2.05) is 0 Å². The summed E-state index contributed by atoms with van der Waals surface area (Å²) in [5.41, 5.74) is 0. The van der Waals surface area contributed by atoms with E-state index in [-0.39, 0.29) is 18.9 Å². The molecule has 1 aliphatic rings. The Hall–Kier alpha value is -1.64. The van der Waals surface area contributed by atoms with Gasteiger partial charge in [-0.05, 0) is 46.9 Å². The third-order valence-electron chi connectivity index (χ3n) is 18.5. The molecule has 1 aliphatic carbocycles. The van der Waals surface area contributed by atoms with Crippen LogP contribution in [0.3, 0.4) is 0 Å². The Labute approximate surface area is 478 Å². The lowest BCUT2D eigenvalue weighted by atomic mass is 9.86. The minimum absolute atomic E-state index is 0.00879. The number of benzene rings is 4. The second kappa shape index (κ2) is 32.3. The van der Waals surface area contributed by atoms with Crippen molar-refractivity contribution in [2.24, 2.45) is 5.92 Å². The lowest BCUT2D eigenvalue weighted by Crippen LogP contribution is -2.48. The van der Waals surface area contributed by atoms with Crippen molar-refractivity contribution < 1.29 is 13.2 Å². The van der Waals surface area contributed by atoms with Gasteiger partial charge in [0.15, 0.2) is 0 Å². The van der Waals surface area contributed by atoms with Gasteiger partial charge in [-0.25, -0.2) is 4.44 Å². The van der Waals surface area contributed by atoms with Gasteiger partial charge in [-0.3, -0.25) is 0 Å². The molecule has 1 saturated carbocycles. The van der Waals surface area contributed by atoms with E-state index in [4.69, 9.17) is 0 Å². The molecule has 5 rings (SSSR count). The molecule has 4 aromatic rings. The average molecular weight is 1160 g/mol. The van der Waals surface area contributed by atoms with Crippen molar-refractivity contribution >= 4 is 90.4 Å². The maximum atomic E-state index is 14.8. The predicted octanol–water partition coefficient (Wildman–Crippen LogP) is 19.0. The van der Waals surface area contributed by atoms with Gasteiger partial charge >= 0.3 is 6.18 Å². The van der Waals surface area contributed by atoms with Gasteiger partial charge in [0.2, 0.25) is 0 Å². The fraction of sp³-hybridized carbons (Fsp3) is 0.642. The highest BCUT2D eigenvalue weighted by atomic mass is 31.2. The summed E-state index contributed by atoms with van der Waals surface area (Å²) in [5, 5.41) is 11.9. The summed E-state index contributed by atoms with van der Waals surface area (Å²) >= 11 is 0. The molecule has 0 atom stereocenters. The van der Waals surface area contributed by atoms with Gasteiger partial charge in [-0.15, -0.1) is 0 Å². The van der Waals surface area contributed by atoms with E-state index in [2.05, 4.69) is 185 Å². The van der Waals surface area contributed by atoms with Crippen LogP contribution in [0, 0.1) is 5.92 Å². The van der Waals surface area contributed by atoms with Gasteiger partial charge < -0.3 is 0 Å². The van der Waals surface area contributed by atoms with Crippen molar-refractivity contribution in [1.29, 1.82) is 0 Å². The summed E-state index contributed by atoms with van der Waals surface area (Å²) in [7, 11) is -9.35. The van der Waals surface area contributed by atoms with Crippen LogP contribution in [0.15, 0.2) is 97.1 Å². The number of alkyl halides is 3. The topological polar surface area (TPSA) is 3.24 Å². The van der Waals surface area contributed by atoms with Crippen LogP contribution < -0.4 is 42.0 Å². The lowest BCUT2D eigenvalue weighted by molar-refractivity contribution is -0.183. The Morgan fingerprint density at radius 3 is 0.662 bits per heavy atom. The van der Waals surface area contributed by atoms with E-state index in [0.717, 1.165) is 0 Å². The zero-order valence-electron chi connectivity index (χ0n) is 51.2. The molecule has 0 heterocycles. The molecule has 0 bridgehead atoms. The first-order valence-corrected chi connectivity index (χ1v) is 45.1. The molecule has 0 saturated heterocycles. The second-order valence-corrected chi connectivity index (χ2v) is 47.3. The summed E-state index contributed by atoms with van der Waals surface area (Å²) in [5.74, 6) is -1.24. The first-order chi connectivity index (χ1) is 37.2. The summed E-state index contributed by atoms with van der Waals surface area (Å²) in [6.07, 6.45) is 12.0. The van der Waals surface area contributed by atoms with Crippen molar-refractivity contribution in [3.05, 3.63) is 97.1 Å². The zero-order chi connectivity index (χ0) is 56.1. The maximum absolute atomic E-state index is 14.8. The molecule has 0 unspecified atom stereocenters. The van der Waals surface area contributed by atoms with E-state index in [1.54, 1.807) is 20.7 Å². The van der Waals surface area contributed by atoms with Crippen molar-refractivity contribution in [2.45, 2.75) is 271 Å². The fourth-order valence-electron chi connectivity index (χ4n) is 15.6. The molecule has 0 N–H and O–H groups in total. The standard InChI is InChI=1S/C67H110F3NP2Si4/c1-13-45-74(46-14-2,47-15-3)63-37-29-59(30-38-63)72(60-31-39-64(40-32-60)75(48-16-4,49-17-5)50-18-6)71(58-27-25-57(26-28-58)67(68,69)70)73(61-33-41-65(42-34-61)76(51-19-7,52-20-8)53-21-9)62-35-43-66(44-36-62)77(54-22-10,55-23-11)56-24-12/h29-44,57-58H,13-28,45-56H2,1-12H3. The Morgan fingerprint density at radius 2 is 0.506 bits per heavy atom. The van der Waals surface area contributed by atoms with E-state index in [0.29, 0.717) is 12.8 Å². The molecule has 0 spiro atoms. The Kier molecular flexibility index (Phi) is 27.7. The molecule has 0 amide bonds. The van der Waals surface area contributed by atoms with Crippen LogP contribution in [0.25, 0.3) is 0 Å². The highest BCUT2D eigenvalue weighted by molar-refractivity contribution is 7.84. The van der Waals surface area contributed by atoms with Crippen molar-refractivity contribution in [2.75, 3.05) is 0 Å². The van der Waals surface area contributed by atoms with E-state index >= 15 is 0 Å². The summed E-state index contributed by atoms with van der Waals surface area (Å²) < 4.78 is 47.5. The monoisotopic (exact) mass is 1160 g/mol. The minimum Gasteiger partial charge on any atom is -0.242 e. The first kappa shape index (κ1) is 66.2. The van der Waals surface area contributed by atoms with Gasteiger partial charge in [0.1, 0.15) is 0 Å². The molecular weight excluding hydrogens is 1050 g/mol. The van der Waals surface area contributed by atoms with Crippen LogP contribution in [0.4, 0.5) is 13.2 Å². The highest BCUT2D eigenvalue weighted by Gasteiger charge is 2.46. The first-order valence-electron chi connectivity index (χ1n) is 32.1. The van der Waals surface area contributed by atoms with Gasteiger partial charge in [0.25, 0.3) is 0 Å². The molecule has 1 fully saturated rings. The van der Waals surface area contributed by atoms with Gasteiger partial charge in [-0.2, -0.15) is 13.2 Å². The van der Waals surface area contributed by atoms with Crippen LogP contribution in [0.5, 0.6) is 0 Å². The summed E-state index contributed by atoms with van der Waals surface area (Å²) in [6, 6.07) is 56.8. The third kappa shape index (κ3) is 16.3. The number of rotatable bonds is 35. The second-order valence-electron chi connectivity index (χ2n) is 24.3.